The number of hydrogen-bond acceptors (Lipinski definition) is 4. The Labute approximate surface area is 178 Å². The number of anilines is 2. The zero-order valence-corrected chi connectivity index (χ0v) is 18.0. The van der Waals surface area contributed by atoms with Crippen LogP contribution in [-0.4, -0.2) is 11.7 Å². The minimum Gasteiger partial charge on any atom is -0.467 e. The molecule has 2 aromatic rings. The van der Waals surface area contributed by atoms with Crippen molar-refractivity contribution in [1.29, 1.82) is 0 Å². The van der Waals surface area contributed by atoms with Crippen LogP contribution in [0, 0.1) is 5.41 Å². The number of hydrogen-bond donors (Lipinski definition) is 1. The van der Waals surface area contributed by atoms with Crippen LogP contribution in [0.3, 0.4) is 0 Å². The molecular formula is C25H30N2O3. The number of para-hydroxylation sites is 2. The molecule has 2 aliphatic rings. The quantitative estimate of drug-likeness (QED) is 0.618. The molecule has 1 aromatic carbocycles. The summed E-state index contributed by atoms with van der Waals surface area (Å²) in [5, 5.41) is 3.51. The van der Waals surface area contributed by atoms with Crippen molar-refractivity contribution in [2.75, 3.05) is 10.2 Å². The lowest BCUT2D eigenvalue weighted by atomic mass is 9.74. The van der Waals surface area contributed by atoms with Gasteiger partial charge in [0.15, 0.2) is 5.78 Å². The molecule has 5 heteroatoms. The van der Waals surface area contributed by atoms with Crippen molar-refractivity contribution in [3.05, 3.63) is 59.7 Å². The highest BCUT2D eigenvalue weighted by Crippen LogP contribution is 2.48. The van der Waals surface area contributed by atoms with Crippen molar-refractivity contribution in [1.82, 2.24) is 0 Å². The second-order valence-electron chi connectivity index (χ2n) is 9.11. The number of amides is 1. The third-order valence-electron chi connectivity index (χ3n) is 5.98. The van der Waals surface area contributed by atoms with Crippen LogP contribution in [0.2, 0.25) is 0 Å². The minimum absolute atomic E-state index is 0.0190. The maximum atomic E-state index is 13.5. The fourth-order valence-corrected chi connectivity index (χ4v) is 4.63. The van der Waals surface area contributed by atoms with Gasteiger partial charge in [0.2, 0.25) is 5.91 Å². The summed E-state index contributed by atoms with van der Waals surface area (Å²) in [6.45, 7) is 6.35. The maximum absolute atomic E-state index is 13.5. The van der Waals surface area contributed by atoms with Gasteiger partial charge in [-0.1, -0.05) is 45.7 Å². The molecule has 4 rings (SSSR count). The molecule has 0 fully saturated rings. The zero-order chi connectivity index (χ0) is 21.3. The summed E-state index contributed by atoms with van der Waals surface area (Å²) in [6.07, 6.45) is 6.15. The van der Waals surface area contributed by atoms with Crippen LogP contribution in [0.5, 0.6) is 0 Å². The highest BCUT2D eigenvalue weighted by molar-refractivity contribution is 6.06. The van der Waals surface area contributed by atoms with Crippen molar-refractivity contribution in [2.45, 2.75) is 65.3 Å². The van der Waals surface area contributed by atoms with Gasteiger partial charge in [0.1, 0.15) is 11.8 Å². The average molecular weight is 407 g/mol. The summed E-state index contributed by atoms with van der Waals surface area (Å²) in [5.41, 5.74) is 3.07. The molecule has 0 saturated carbocycles. The molecule has 0 unspecified atom stereocenters. The molecule has 1 aliphatic heterocycles. The molecule has 1 atom stereocenters. The monoisotopic (exact) mass is 406 g/mol. The lowest BCUT2D eigenvalue weighted by Gasteiger charge is -2.36. The van der Waals surface area contributed by atoms with Crippen molar-refractivity contribution >= 4 is 23.1 Å². The number of fused-ring (bicyclic) bond motifs is 1. The van der Waals surface area contributed by atoms with E-state index in [1.165, 1.54) is 0 Å². The minimum atomic E-state index is -0.552. The first-order valence-corrected chi connectivity index (χ1v) is 10.9. The van der Waals surface area contributed by atoms with E-state index in [0.29, 0.717) is 24.2 Å². The molecule has 0 spiro atoms. The Morgan fingerprint density at radius 2 is 1.97 bits per heavy atom. The molecule has 1 aliphatic carbocycles. The van der Waals surface area contributed by atoms with Gasteiger partial charge >= 0.3 is 0 Å². The topological polar surface area (TPSA) is 62.6 Å². The standard InChI is InChI=1S/C25H30N2O3/c1-4-5-6-13-22(29)27-19-11-8-7-10-17(19)26-18-15-25(2,3)16-20(28)23(18)24(27)21-12-9-14-30-21/h7-12,14,24,26H,4-6,13,15-16H2,1-3H3/t24-/m0/s1. The van der Waals surface area contributed by atoms with Gasteiger partial charge in [-0.3, -0.25) is 14.5 Å². The molecule has 1 amide bonds. The highest BCUT2D eigenvalue weighted by atomic mass is 16.3. The number of nitrogens with zero attached hydrogens (tertiary/aromatic N) is 1. The largest absolute Gasteiger partial charge is 0.467 e. The zero-order valence-electron chi connectivity index (χ0n) is 18.0. The molecule has 30 heavy (non-hydrogen) atoms. The number of ketones is 1. The van der Waals surface area contributed by atoms with E-state index in [0.717, 1.165) is 42.8 Å². The van der Waals surface area contributed by atoms with Gasteiger partial charge in [0, 0.05) is 24.1 Å². The van der Waals surface area contributed by atoms with Gasteiger partial charge in [-0.2, -0.15) is 0 Å². The summed E-state index contributed by atoms with van der Waals surface area (Å²) < 4.78 is 5.79. The smallest absolute Gasteiger partial charge is 0.228 e. The Morgan fingerprint density at radius 3 is 2.70 bits per heavy atom. The molecule has 0 bridgehead atoms. The van der Waals surface area contributed by atoms with Crippen LogP contribution in [-0.2, 0) is 9.59 Å². The molecule has 0 saturated heterocycles. The molecule has 0 radical (unpaired) electrons. The number of carbonyl (C=O) groups is 2. The van der Waals surface area contributed by atoms with E-state index in [1.54, 1.807) is 11.2 Å². The first-order chi connectivity index (χ1) is 14.4. The van der Waals surface area contributed by atoms with Gasteiger partial charge in [0.25, 0.3) is 0 Å². The van der Waals surface area contributed by atoms with Crippen LogP contribution in [0.1, 0.15) is 71.1 Å². The van der Waals surface area contributed by atoms with Gasteiger partial charge in [0.05, 0.1) is 17.6 Å². The van der Waals surface area contributed by atoms with E-state index in [2.05, 4.69) is 26.1 Å². The fraction of sp³-hybridized carbons (Fsp3) is 0.440. The first kappa shape index (κ1) is 20.5. The van der Waals surface area contributed by atoms with Crippen LogP contribution in [0.4, 0.5) is 11.4 Å². The lowest BCUT2D eigenvalue weighted by molar-refractivity contribution is -0.119. The van der Waals surface area contributed by atoms with Gasteiger partial charge in [-0.15, -0.1) is 0 Å². The van der Waals surface area contributed by atoms with E-state index in [-0.39, 0.29) is 17.1 Å². The first-order valence-electron chi connectivity index (χ1n) is 10.9. The van der Waals surface area contributed by atoms with Crippen LogP contribution in [0.25, 0.3) is 0 Å². The van der Waals surface area contributed by atoms with Crippen LogP contribution < -0.4 is 10.2 Å². The SMILES string of the molecule is CCCCCC(=O)N1c2ccccc2NC2=C(C(=O)CC(C)(C)C2)[C@@H]1c1ccco1. The van der Waals surface area contributed by atoms with Crippen molar-refractivity contribution < 1.29 is 14.0 Å². The number of benzene rings is 1. The summed E-state index contributed by atoms with van der Waals surface area (Å²) in [7, 11) is 0. The number of rotatable bonds is 5. The highest BCUT2D eigenvalue weighted by Gasteiger charge is 2.44. The number of furan rings is 1. The van der Waals surface area contributed by atoms with Gasteiger partial charge < -0.3 is 9.73 Å². The molecule has 5 nitrogen and oxygen atoms in total. The molecule has 1 aromatic heterocycles. The Kier molecular flexibility index (Phi) is 5.54. The van der Waals surface area contributed by atoms with E-state index in [1.807, 2.05) is 36.4 Å². The van der Waals surface area contributed by atoms with Crippen LogP contribution >= 0.6 is 0 Å². The normalized spacial score (nSPS) is 20.3. The number of allylic oxidation sites excluding steroid dienone is 1. The Bertz CT molecular complexity index is 972. The predicted molar refractivity (Wildman–Crippen MR) is 118 cm³/mol. The van der Waals surface area contributed by atoms with Gasteiger partial charge in [-0.25, -0.2) is 0 Å². The van der Waals surface area contributed by atoms with E-state index in [4.69, 9.17) is 4.42 Å². The van der Waals surface area contributed by atoms with E-state index >= 15 is 0 Å². The Morgan fingerprint density at radius 1 is 1.17 bits per heavy atom. The average Bonchev–Trinajstić information content (AvgIpc) is 3.17. The number of nitrogens with one attached hydrogen (secondary N) is 1. The fourth-order valence-electron chi connectivity index (χ4n) is 4.63. The third kappa shape index (κ3) is 3.81. The van der Waals surface area contributed by atoms with E-state index < -0.39 is 6.04 Å². The molecule has 158 valence electrons. The molecular weight excluding hydrogens is 376 g/mol. The van der Waals surface area contributed by atoms with Gasteiger partial charge in [-0.05, 0) is 42.5 Å². The summed E-state index contributed by atoms with van der Waals surface area (Å²) >= 11 is 0. The number of Topliss-reactive ketones (excluding diaryl/α,β-unsaturated/α-hetero) is 1. The second kappa shape index (κ2) is 8.13. The Balaban J connectivity index is 1.89. The van der Waals surface area contributed by atoms with E-state index in [9.17, 15) is 9.59 Å². The predicted octanol–water partition coefficient (Wildman–Crippen LogP) is 6.00. The lowest BCUT2D eigenvalue weighted by Crippen LogP contribution is -2.39. The van der Waals surface area contributed by atoms with Crippen LogP contribution in [0.15, 0.2) is 58.3 Å². The third-order valence-corrected chi connectivity index (χ3v) is 5.98. The van der Waals surface area contributed by atoms with Crippen molar-refractivity contribution in [3.63, 3.8) is 0 Å². The Hall–Kier alpha value is -2.82. The summed E-state index contributed by atoms with van der Waals surface area (Å²) in [4.78, 5) is 28.7. The maximum Gasteiger partial charge on any atom is 0.228 e. The number of unbranched alkanes of at least 4 members (excludes halogenated alkanes) is 2. The van der Waals surface area contributed by atoms with Crippen molar-refractivity contribution in [2.24, 2.45) is 5.41 Å². The molecule has 1 N–H and O–H groups in total. The van der Waals surface area contributed by atoms with Crippen molar-refractivity contribution in [3.8, 4) is 0 Å². The summed E-state index contributed by atoms with van der Waals surface area (Å²) in [6, 6.07) is 10.9. The summed E-state index contributed by atoms with van der Waals surface area (Å²) in [5.74, 6) is 0.720. The molecule has 2 heterocycles. The second-order valence-corrected chi connectivity index (χ2v) is 9.11. The number of carbonyl (C=O) groups excluding carboxylic acids is 2.